The molecule has 7 heteroatoms. The number of aliphatic hydroxyl groups excluding tert-OH is 2. The number of hydrogen-bond acceptors (Lipinski definition) is 7. The number of rotatable bonds is 6. The maximum atomic E-state index is 13.2. The van der Waals surface area contributed by atoms with Gasteiger partial charge in [0.25, 0.3) is 0 Å². The zero-order valence-corrected chi connectivity index (χ0v) is 20.2. The lowest BCUT2D eigenvalue weighted by atomic mass is 9.42. The molecular weight excluding hydrogens is 422 g/mol. The fourth-order valence-corrected chi connectivity index (χ4v) is 8.08. The second-order valence-electron chi connectivity index (χ2n) is 11.3. The Morgan fingerprint density at radius 2 is 1.91 bits per heavy atom. The number of aliphatic hydroxyl groups is 2. The van der Waals surface area contributed by atoms with Crippen LogP contribution in [-0.4, -0.2) is 51.6 Å². The fraction of sp³-hybridized carbons (Fsp3) is 0.808. The lowest BCUT2D eigenvalue weighted by Gasteiger charge is -2.66. The summed E-state index contributed by atoms with van der Waals surface area (Å²) in [6.07, 6.45) is 6.23. The summed E-state index contributed by atoms with van der Waals surface area (Å²) in [5.41, 5.74) is 4.53. The second-order valence-corrected chi connectivity index (χ2v) is 11.3. The van der Waals surface area contributed by atoms with Crippen molar-refractivity contribution in [1.29, 1.82) is 0 Å². The summed E-state index contributed by atoms with van der Waals surface area (Å²) in [4.78, 5) is 38.0. The summed E-state index contributed by atoms with van der Waals surface area (Å²) in [5, 5.41) is 21.5. The molecule has 0 heterocycles. The van der Waals surface area contributed by atoms with E-state index in [9.17, 15) is 24.6 Å². The van der Waals surface area contributed by atoms with Crippen LogP contribution in [0.5, 0.6) is 0 Å². The van der Waals surface area contributed by atoms with Crippen molar-refractivity contribution >= 4 is 17.5 Å². The third kappa shape index (κ3) is 3.22. The molecule has 4 aliphatic carbocycles. The zero-order valence-electron chi connectivity index (χ0n) is 20.2. The molecule has 4 N–H and O–H groups in total. The Morgan fingerprint density at radius 1 is 1.18 bits per heavy atom. The summed E-state index contributed by atoms with van der Waals surface area (Å²) < 4.78 is 5.98. The number of ether oxygens (including phenoxy) is 1. The van der Waals surface area contributed by atoms with Gasteiger partial charge in [0.05, 0.1) is 11.6 Å². The molecule has 0 aromatic rings. The molecule has 4 rings (SSSR count). The lowest BCUT2D eigenvalue weighted by molar-refractivity contribution is -0.206. The predicted molar refractivity (Wildman–Crippen MR) is 122 cm³/mol. The van der Waals surface area contributed by atoms with Crippen molar-refractivity contribution < 1.29 is 29.3 Å². The van der Waals surface area contributed by atoms with Gasteiger partial charge < -0.3 is 20.7 Å². The van der Waals surface area contributed by atoms with Gasteiger partial charge in [0, 0.05) is 23.7 Å². The Labute approximate surface area is 196 Å². The monoisotopic (exact) mass is 461 g/mol. The van der Waals surface area contributed by atoms with E-state index in [1.807, 2.05) is 13.8 Å². The van der Waals surface area contributed by atoms with Crippen LogP contribution in [0.1, 0.15) is 85.0 Å². The van der Waals surface area contributed by atoms with Crippen LogP contribution in [0.4, 0.5) is 0 Å². The molecule has 0 aromatic carbocycles. The smallest absolute Gasteiger partial charge is 0.306 e. The van der Waals surface area contributed by atoms with E-state index in [0.29, 0.717) is 32.1 Å². The molecule has 0 saturated heterocycles. The molecule has 0 amide bonds. The first-order chi connectivity index (χ1) is 15.5. The molecule has 0 spiro atoms. The minimum Gasteiger partial charge on any atom is -0.450 e. The maximum absolute atomic E-state index is 13.2. The van der Waals surface area contributed by atoms with E-state index in [0.717, 1.165) is 24.8 Å². The molecule has 0 aliphatic heterocycles. The van der Waals surface area contributed by atoms with Crippen LogP contribution in [0.3, 0.4) is 0 Å². The molecular formula is C26H39NO6. The quantitative estimate of drug-likeness (QED) is 0.519. The Hall–Kier alpha value is -1.57. The first-order valence-corrected chi connectivity index (χ1v) is 12.6. The highest BCUT2D eigenvalue weighted by atomic mass is 16.6. The molecule has 184 valence electrons. The van der Waals surface area contributed by atoms with Crippen LogP contribution in [0, 0.1) is 22.7 Å². The Bertz CT molecular complexity index is 884. The van der Waals surface area contributed by atoms with Crippen molar-refractivity contribution in [2.24, 2.45) is 28.4 Å². The lowest BCUT2D eigenvalue weighted by Crippen LogP contribution is -2.75. The van der Waals surface area contributed by atoms with E-state index in [2.05, 4.69) is 6.92 Å². The van der Waals surface area contributed by atoms with Crippen molar-refractivity contribution in [3.8, 4) is 0 Å². The third-order valence-electron chi connectivity index (χ3n) is 10.0. The summed E-state index contributed by atoms with van der Waals surface area (Å²) in [6, 6.07) is 0. The predicted octanol–water partition coefficient (Wildman–Crippen LogP) is 2.60. The second kappa shape index (κ2) is 8.28. The Kier molecular flexibility index (Phi) is 6.16. The van der Waals surface area contributed by atoms with Gasteiger partial charge in [-0.3, -0.25) is 14.4 Å². The van der Waals surface area contributed by atoms with Gasteiger partial charge in [-0.05, 0) is 62.9 Å². The standard InChI is InChI=1S/C26H39NO6/c1-4-5-6-22(32)33-25(21(31)15-28)12-10-18-19-8-7-16-13-17(29)9-11-23(16,2)26(19,27)20(30)14-24(18,25)3/h13,18-20,28,30H,4-12,14-15,27H2,1-3H3/t18-,19-,20-,23-,24-,25-,26-/m0/s1. The van der Waals surface area contributed by atoms with Gasteiger partial charge in [0.15, 0.2) is 11.4 Å². The van der Waals surface area contributed by atoms with Crippen molar-refractivity contribution in [2.45, 2.75) is 102 Å². The third-order valence-corrected chi connectivity index (χ3v) is 10.0. The average molecular weight is 462 g/mol. The molecule has 0 radical (unpaired) electrons. The zero-order chi connectivity index (χ0) is 24.2. The van der Waals surface area contributed by atoms with Crippen LogP contribution >= 0.6 is 0 Å². The van der Waals surface area contributed by atoms with Crippen molar-refractivity contribution in [1.82, 2.24) is 0 Å². The van der Waals surface area contributed by atoms with Gasteiger partial charge in [-0.15, -0.1) is 0 Å². The maximum Gasteiger partial charge on any atom is 0.306 e. The number of Topliss-reactive ketones (excluding diaryl/α,β-unsaturated/α-hetero) is 1. The number of ketones is 2. The largest absolute Gasteiger partial charge is 0.450 e. The van der Waals surface area contributed by atoms with E-state index >= 15 is 0 Å². The molecule has 7 nitrogen and oxygen atoms in total. The van der Waals surface area contributed by atoms with Crippen LogP contribution in [0.15, 0.2) is 11.6 Å². The van der Waals surface area contributed by atoms with Crippen LogP contribution in [0.25, 0.3) is 0 Å². The number of hydrogen-bond donors (Lipinski definition) is 3. The van der Waals surface area contributed by atoms with E-state index in [4.69, 9.17) is 10.5 Å². The summed E-state index contributed by atoms with van der Waals surface area (Å²) in [6.45, 7) is 5.30. The van der Waals surface area contributed by atoms with Crippen molar-refractivity contribution in [2.75, 3.05) is 6.61 Å². The molecule has 7 atom stereocenters. The number of esters is 1. The van der Waals surface area contributed by atoms with Crippen LogP contribution < -0.4 is 5.73 Å². The molecule has 0 bridgehead atoms. The number of unbranched alkanes of at least 4 members (excludes halogenated alkanes) is 1. The van der Waals surface area contributed by atoms with Gasteiger partial charge in [-0.25, -0.2) is 0 Å². The van der Waals surface area contributed by atoms with Gasteiger partial charge >= 0.3 is 5.97 Å². The van der Waals surface area contributed by atoms with E-state index < -0.39 is 46.4 Å². The van der Waals surface area contributed by atoms with E-state index in [1.165, 1.54) is 0 Å². The first-order valence-electron chi connectivity index (χ1n) is 12.6. The fourth-order valence-electron chi connectivity index (χ4n) is 8.08. The highest BCUT2D eigenvalue weighted by Gasteiger charge is 2.74. The van der Waals surface area contributed by atoms with Crippen molar-refractivity contribution in [3.63, 3.8) is 0 Å². The number of nitrogens with two attached hydrogens (primary N) is 1. The van der Waals surface area contributed by atoms with Crippen molar-refractivity contribution in [3.05, 3.63) is 11.6 Å². The van der Waals surface area contributed by atoms with Crippen LogP contribution in [-0.2, 0) is 19.1 Å². The summed E-state index contributed by atoms with van der Waals surface area (Å²) >= 11 is 0. The molecule has 0 aromatic heterocycles. The first kappa shape index (κ1) is 24.6. The molecule has 0 unspecified atom stereocenters. The van der Waals surface area contributed by atoms with Gasteiger partial charge in [-0.1, -0.05) is 32.8 Å². The van der Waals surface area contributed by atoms with Gasteiger partial charge in [0.2, 0.25) is 5.78 Å². The molecule has 33 heavy (non-hydrogen) atoms. The summed E-state index contributed by atoms with van der Waals surface area (Å²) in [5.74, 6) is -0.904. The normalized spacial score (nSPS) is 44.4. The summed E-state index contributed by atoms with van der Waals surface area (Å²) in [7, 11) is 0. The number of carbonyl (C=O) groups is 3. The minimum atomic E-state index is -1.45. The van der Waals surface area contributed by atoms with Gasteiger partial charge in [-0.2, -0.15) is 0 Å². The SMILES string of the molecule is CCCCC(=O)O[C@]1(C(=O)CO)CC[C@H]2[C@@H]3CCC4=CC(=O)CC[C@]4(C)[C@@]3(N)[C@@H](O)C[C@@]21C. The van der Waals surface area contributed by atoms with Gasteiger partial charge in [0.1, 0.15) is 6.61 Å². The Balaban J connectivity index is 1.75. The van der Waals surface area contributed by atoms with Crippen LogP contribution in [0.2, 0.25) is 0 Å². The average Bonchev–Trinajstić information content (AvgIpc) is 3.05. The molecule has 3 fully saturated rings. The molecule has 3 saturated carbocycles. The highest BCUT2D eigenvalue weighted by molar-refractivity contribution is 5.92. The minimum absolute atomic E-state index is 0.0311. The highest BCUT2D eigenvalue weighted by Crippen LogP contribution is 2.69. The topological polar surface area (TPSA) is 127 Å². The van der Waals surface area contributed by atoms with E-state index in [-0.39, 0.29) is 30.5 Å². The number of fused-ring (bicyclic) bond motifs is 5. The molecule has 4 aliphatic rings. The van der Waals surface area contributed by atoms with E-state index in [1.54, 1.807) is 6.08 Å². The number of carbonyl (C=O) groups excluding carboxylic acids is 3. The Morgan fingerprint density at radius 3 is 2.58 bits per heavy atom.